The Morgan fingerprint density at radius 2 is 2.00 bits per heavy atom. The molecule has 134 valence electrons. The second kappa shape index (κ2) is 6.95. The molecule has 0 unspecified atom stereocenters. The van der Waals surface area contributed by atoms with Gasteiger partial charge in [-0.1, -0.05) is 6.07 Å². The summed E-state index contributed by atoms with van der Waals surface area (Å²) in [6.07, 6.45) is 0.970. The molecule has 0 saturated heterocycles. The Kier molecular flexibility index (Phi) is 4.71. The van der Waals surface area contributed by atoms with Crippen LogP contribution in [0.1, 0.15) is 40.4 Å². The van der Waals surface area contributed by atoms with E-state index >= 15 is 0 Å². The van der Waals surface area contributed by atoms with Gasteiger partial charge in [0.25, 0.3) is 5.91 Å². The Bertz CT molecular complexity index is 995. The molecule has 0 aliphatic carbocycles. The predicted molar refractivity (Wildman–Crippen MR) is 94.8 cm³/mol. The van der Waals surface area contributed by atoms with Crippen molar-refractivity contribution in [3.63, 3.8) is 0 Å². The van der Waals surface area contributed by atoms with Gasteiger partial charge in [0, 0.05) is 11.9 Å². The number of hydrogen-bond acceptors (Lipinski definition) is 4. The van der Waals surface area contributed by atoms with Gasteiger partial charge in [0.05, 0.1) is 17.4 Å². The summed E-state index contributed by atoms with van der Waals surface area (Å²) in [4.78, 5) is 28.9. The molecule has 0 spiro atoms. The number of aryl methyl sites for hydroxylation is 1. The summed E-state index contributed by atoms with van der Waals surface area (Å²) in [6, 6.07) is 9.22. The SMILES string of the molecule is Cc1nc2ccc(F)cn2c1C(=O)Nc1cccc(C(=O)OC(C)C)c1. The molecule has 1 amide bonds. The van der Waals surface area contributed by atoms with E-state index in [9.17, 15) is 14.0 Å². The Morgan fingerprint density at radius 1 is 1.23 bits per heavy atom. The molecule has 6 nitrogen and oxygen atoms in total. The summed E-state index contributed by atoms with van der Waals surface area (Å²) in [7, 11) is 0. The molecule has 0 radical (unpaired) electrons. The van der Waals surface area contributed by atoms with Crippen LogP contribution in [0.25, 0.3) is 5.65 Å². The van der Waals surface area contributed by atoms with Gasteiger partial charge >= 0.3 is 5.97 Å². The number of rotatable bonds is 4. The molecule has 0 aliphatic heterocycles. The summed E-state index contributed by atoms with van der Waals surface area (Å²) in [5, 5.41) is 2.72. The Hall–Kier alpha value is -3.22. The molecule has 3 rings (SSSR count). The first-order valence-corrected chi connectivity index (χ1v) is 8.12. The van der Waals surface area contributed by atoms with Gasteiger partial charge in [0.2, 0.25) is 0 Å². The number of carbonyl (C=O) groups excluding carboxylic acids is 2. The number of aromatic nitrogens is 2. The molecule has 3 aromatic rings. The highest BCUT2D eigenvalue weighted by atomic mass is 19.1. The highest BCUT2D eigenvalue weighted by Gasteiger charge is 2.18. The van der Waals surface area contributed by atoms with E-state index in [4.69, 9.17) is 4.74 Å². The van der Waals surface area contributed by atoms with Gasteiger partial charge in [-0.2, -0.15) is 0 Å². The van der Waals surface area contributed by atoms with Gasteiger partial charge in [-0.25, -0.2) is 14.2 Å². The molecule has 0 bridgehead atoms. The van der Waals surface area contributed by atoms with E-state index in [0.29, 0.717) is 22.6 Å². The number of benzene rings is 1. The average molecular weight is 355 g/mol. The van der Waals surface area contributed by atoms with E-state index in [2.05, 4.69) is 10.3 Å². The van der Waals surface area contributed by atoms with Crippen molar-refractivity contribution in [1.29, 1.82) is 0 Å². The number of halogens is 1. The predicted octanol–water partition coefficient (Wildman–Crippen LogP) is 3.60. The largest absolute Gasteiger partial charge is 0.459 e. The summed E-state index contributed by atoms with van der Waals surface area (Å²) in [6.45, 7) is 5.20. The Labute approximate surface area is 149 Å². The fraction of sp³-hybridized carbons (Fsp3) is 0.211. The van der Waals surface area contributed by atoms with E-state index < -0.39 is 17.7 Å². The van der Waals surface area contributed by atoms with Gasteiger partial charge in [-0.05, 0) is 51.1 Å². The number of pyridine rings is 1. The zero-order valence-electron chi connectivity index (χ0n) is 14.6. The number of esters is 1. The number of nitrogens with zero attached hydrogens (tertiary/aromatic N) is 2. The molecule has 1 N–H and O–H groups in total. The quantitative estimate of drug-likeness (QED) is 0.726. The van der Waals surface area contributed by atoms with Crippen molar-refractivity contribution in [2.45, 2.75) is 26.9 Å². The number of amides is 1. The topological polar surface area (TPSA) is 72.7 Å². The number of carbonyl (C=O) groups is 2. The number of nitrogens with one attached hydrogen (secondary N) is 1. The monoisotopic (exact) mass is 355 g/mol. The lowest BCUT2D eigenvalue weighted by atomic mass is 10.2. The first kappa shape index (κ1) is 17.6. The Balaban J connectivity index is 1.88. The molecular weight excluding hydrogens is 337 g/mol. The minimum Gasteiger partial charge on any atom is -0.459 e. The number of fused-ring (bicyclic) bond motifs is 1. The average Bonchev–Trinajstić information content (AvgIpc) is 2.89. The van der Waals surface area contributed by atoms with Crippen molar-refractivity contribution in [3.8, 4) is 0 Å². The van der Waals surface area contributed by atoms with Gasteiger partial charge in [-0.15, -0.1) is 0 Å². The van der Waals surface area contributed by atoms with Gasteiger partial charge in [-0.3, -0.25) is 9.20 Å². The van der Waals surface area contributed by atoms with Crippen LogP contribution < -0.4 is 5.32 Å². The second-order valence-electron chi connectivity index (χ2n) is 6.11. The van der Waals surface area contributed by atoms with Crippen LogP contribution in [0.5, 0.6) is 0 Å². The smallest absolute Gasteiger partial charge is 0.338 e. The third-order valence-corrected chi connectivity index (χ3v) is 3.67. The van der Waals surface area contributed by atoms with Crippen molar-refractivity contribution >= 4 is 23.2 Å². The standard InChI is InChI=1S/C19H18FN3O3/c1-11(2)26-19(25)13-5-4-6-15(9-13)22-18(24)17-12(3)21-16-8-7-14(20)10-23(16)17/h4-11H,1-3H3,(H,22,24). The van der Waals surface area contributed by atoms with E-state index in [-0.39, 0.29) is 11.8 Å². The minimum absolute atomic E-state index is 0.231. The minimum atomic E-state index is -0.470. The first-order chi connectivity index (χ1) is 12.3. The van der Waals surface area contributed by atoms with Crippen LogP contribution in [-0.4, -0.2) is 27.4 Å². The maximum absolute atomic E-state index is 13.5. The molecule has 26 heavy (non-hydrogen) atoms. The molecule has 0 atom stereocenters. The van der Waals surface area contributed by atoms with Crippen molar-refractivity contribution in [2.75, 3.05) is 5.32 Å². The van der Waals surface area contributed by atoms with Crippen LogP contribution >= 0.6 is 0 Å². The highest BCUT2D eigenvalue weighted by Crippen LogP contribution is 2.17. The van der Waals surface area contributed by atoms with Crippen LogP contribution in [0.4, 0.5) is 10.1 Å². The maximum atomic E-state index is 13.5. The maximum Gasteiger partial charge on any atom is 0.338 e. The molecule has 1 aromatic carbocycles. The molecule has 0 fully saturated rings. The van der Waals surface area contributed by atoms with E-state index in [1.54, 1.807) is 39.0 Å². The highest BCUT2D eigenvalue weighted by molar-refractivity contribution is 6.05. The third kappa shape index (κ3) is 3.56. The number of ether oxygens (including phenoxy) is 1. The van der Waals surface area contributed by atoms with Crippen LogP contribution in [-0.2, 0) is 4.74 Å². The third-order valence-electron chi connectivity index (χ3n) is 3.67. The lowest BCUT2D eigenvalue weighted by Gasteiger charge is -2.10. The number of imidazole rings is 1. The number of hydrogen-bond donors (Lipinski definition) is 1. The van der Waals surface area contributed by atoms with E-state index in [1.165, 1.54) is 28.8 Å². The van der Waals surface area contributed by atoms with Gasteiger partial charge in [0.1, 0.15) is 17.2 Å². The van der Waals surface area contributed by atoms with Gasteiger partial charge in [0.15, 0.2) is 0 Å². The molecular formula is C19H18FN3O3. The Morgan fingerprint density at radius 3 is 2.73 bits per heavy atom. The zero-order valence-corrected chi connectivity index (χ0v) is 14.6. The normalized spacial score (nSPS) is 11.0. The van der Waals surface area contributed by atoms with Crippen LogP contribution in [0.3, 0.4) is 0 Å². The first-order valence-electron chi connectivity index (χ1n) is 8.12. The van der Waals surface area contributed by atoms with Crippen LogP contribution in [0, 0.1) is 12.7 Å². The molecule has 0 aliphatic rings. The van der Waals surface area contributed by atoms with Crippen molar-refractivity contribution in [2.24, 2.45) is 0 Å². The van der Waals surface area contributed by atoms with Crippen LogP contribution in [0.15, 0.2) is 42.6 Å². The molecule has 2 heterocycles. The van der Waals surface area contributed by atoms with Crippen molar-refractivity contribution in [1.82, 2.24) is 9.38 Å². The molecule has 7 heteroatoms. The van der Waals surface area contributed by atoms with E-state index in [1.807, 2.05) is 0 Å². The number of anilines is 1. The summed E-state index contributed by atoms with van der Waals surface area (Å²) >= 11 is 0. The second-order valence-corrected chi connectivity index (χ2v) is 6.11. The fourth-order valence-electron chi connectivity index (χ4n) is 2.61. The lowest BCUT2D eigenvalue weighted by Crippen LogP contribution is -2.16. The molecule has 2 aromatic heterocycles. The van der Waals surface area contributed by atoms with Gasteiger partial charge < -0.3 is 10.1 Å². The lowest BCUT2D eigenvalue weighted by molar-refractivity contribution is 0.0377. The van der Waals surface area contributed by atoms with Crippen molar-refractivity contribution in [3.05, 3.63) is 65.4 Å². The summed E-state index contributed by atoms with van der Waals surface area (Å²) in [5.41, 5.74) is 1.94. The van der Waals surface area contributed by atoms with Crippen molar-refractivity contribution < 1.29 is 18.7 Å². The summed E-state index contributed by atoms with van der Waals surface area (Å²) < 4.78 is 20.1. The molecule has 0 saturated carbocycles. The fourth-order valence-corrected chi connectivity index (χ4v) is 2.61. The van der Waals surface area contributed by atoms with Crippen LogP contribution in [0.2, 0.25) is 0 Å². The summed E-state index contributed by atoms with van der Waals surface area (Å²) in [5.74, 6) is -1.39. The zero-order chi connectivity index (χ0) is 18.8. The van der Waals surface area contributed by atoms with E-state index in [0.717, 1.165) is 0 Å².